The Labute approximate surface area is 140 Å². The van der Waals surface area contributed by atoms with Crippen LogP contribution in [-0.4, -0.2) is 19.1 Å². The Hall–Kier alpha value is -1.47. The zero-order valence-corrected chi connectivity index (χ0v) is 13.8. The highest BCUT2D eigenvalue weighted by atomic mass is 127. The molecule has 1 aliphatic heterocycles. The number of nitrogens with one attached hydrogen (secondary N) is 1. The zero-order valence-electron chi connectivity index (χ0n) is 10.9. The predicted molar refractivity (Wildman–Crippen MR) is 89.6 cm³/mol. The molecule has 0 fully saturated rings. The lowest BCUT2D eigenvalue weighted by molar-refractivity contribution is 0.102. The minimum Gasteiger partial charge on any atom is -0.486 e. The van der Waals surface area contributed by atoms with E-state index >= 15 is 0 Å². The molecule has 21 heavy (non-hydrogen) atoms. The number of hydrogen-bond donors (Lipinski definition) is 1. The number of ether oxygens (including phenoxy) is 2. The van der Waals surface area contributed by atoms with Gasteiger partial charge in [0.05, 0.1) is 10.6 Å². The molecule has 1 aliphatic rings. The number of anilines is 1. The first kappa shape index (κ1) is 14.5. The van der Waals surface area contributed by atoms with Gasteiger partial charge in [-0.2, -0.15) is 0 Å². The molecule has 3 rings (SSSR count). The van der Waals surface area contributed by atoms with Crippen LogP contribution in [0.2, 0.25) is 5.02 Å². The summed E-state index contributed by atoms with van der Waals surface area (Å²) in [5.74, 6) is 0.827. The number of carbonyl (C=O) groups is 1. The summed E-state index contributed by atoms with van der Waals surface area (Å²) in [5.41, 5.74) is 1.07. The highest BCUT2D eigenvalue weighted by Gasteiger charge is 2.19. The second kappa shape index (κ2) is 6.11. The standard InChI is InChI=1S/C15H11ClINO3/c16-12-8-14-13(20-5-6-21-14)7-11(12)15(19)18-10-3-1-9(17)2-4-10/h1-4,7-8H,5-6H2,(H,18,19). The van der Waals surface area contributed by atoms with Crippen LogP contribution in [0, 0.1) is 3.57 Å². The molecule has 6 heteroatoms. The van der Waals surface area contributed by atoms with Gasteiger partial charge in [0.25, 0.3) is 5.91 Å². The summed E-state index contributed by atoms with van der Waals surface area (Å²) >= 11 is 8.36. The molecule has 0 atom stereocenters. The van der Waals surface area contributed by atoms with Crippen molar-refractivity contribution in [3.8, 4) is 11.5 Å². The van der Waals surface area contributed by atoms with Crippen LogP contribution < -0.4 is 14.8 Å². The second-order valence-corrected chi connectivity index (χ2v) is 6.09. The fraction of sp³-hybridized carbons (Fsp3) is 0.133. The fourth-order valence-corrected chi connectivity index (χ4v) is 2.57. The number of benzene rings is 2. The van der Waals surface area contributed by atoms with Gasteiger partial charge in [0.2, 0.25) is 0 Å². The average Bonchev–Trinajstić information content (AvgIpc) is 2.49. The van der Waals surface area contributed by atoms with Crippen molar-refractivity contribution in [2.75, 3.05) is 18.5 Å². The van der Waals surface area contributed by atoms with Gasteiger partial charge in [-0.25, -0.2) is 0 Å². The summed E-state index contributed by atoms with van der Waals surface area (Å²) in [5, 5.41) is 3.15. The van der Waals surface area contributed by atoms with E-state index < -0.39 is 0 Å². The summed E-state index contributed by atoms with van der Waals surface area (Å²) in [7, 11) is 0. The summed E-state index contributed by atoms with van der Waals surface area (Å²) in [6.07, 6.45) is 0. The van der Waals surface area contributed by atoms with Gasteiger partial charge in [-0.3, -0.25) is 4.79 Å². The first-order chi connectivity index (χ1) is 10.1. The van der Waals surface area contributed by atoms with Gasteiger partial charge in [-0.15, -0.1) is 0 Å². The maximum Gasteiger partial charge on any atom is 0.257 e. The van der Waals surface area contributed by atoms with Crippen LogP contribution in [0.1, 0.15) is 10.4 Å². The van der Waals surface area contributed by atoms with E-state index in [2.05, 4.69) is 27.9 Å². The van der Waals surface area contributed by atoms with E-state index in [1.165, 1.54) is 0 Å². The highest BCUT2D eigenvalue weighted by molar-refractivity contribution is 14.1. The van der Waals surface area contributed by atoms with E-state index in [9.17, 15) is 4.79 Å². The number of fused-ring (bicyclic) bond motifs is 1. The molecule has 4 nitrogen and oxygen atoms in total. The average molecular weight is 416 g/mol. The lowest BCUT2D eigenvalue weighted by Gasteiger charge is -2.19. The van der Waals surface area contributed by atoms with Gasteiger partial charge >= 0.3 is 0 Å². The summed E-state index contributed by atoms with van der Waals surface area (Å²) in [6, 6.07) is 10.7. The Bertz CT molecular complexity index is 688. The van der Waals surface area contributed by atoms with Crippen LogP contribution in [0.3, 0.4) is 0 Å². The zero-order chi connectivity index (χ0) is 14.8. The molecule has 0 radical (unpaired) electrons. The summed E-state index contributed by atoms with van der Waals surface area (Å²) in [4.78, 5) is 12.3. The largest absolute Gasteiger partial charge is 0.486 e. The van der Waals surface area contributed by atoms with E-state index in [0.717, 1.165) is 3.57 Å². The molecule has 1 heterocycles. The first-order valence-electron chi connectivity index (χ1n) is 6.29. The molecule has 1 N–H and O–H groups in total. The quantitative estimate of drug-likeness (QED) is 0.755. The van der Waals surface area contributed by atoms with Crippen molar-refractivity contribution in [1.29, 1.82) is 0 Å². The molecule has 1 amide bonds. The lowest BCUT2D eigenvalue weighted by atomic mass is 10.1. The lowest BCUT2D eigenvalue weighted by Crippen LogP contribution is -2.17. The van der Waals surface area contributed by atoms with Gasteiger partial charge in [0.15, 0.2) is 11.5 Å². The molecular weight excluding hydrogens is 405 g/mol. The van der Waals surface area contributed by atoms with E-state index in [0.29, 0.717) is 41.0 Å². The minimum atomic E-state index is -0.279. The molecule has 0 aliphatic carbocycles. The normalized spacial score (nSPS) is 12.9. The molecule has 0 saturated heterocycles. The Kier molecular flexibility index (Phi) is 4.21. The van der Waals surface area contributed by atoms with Gasteiger partial charge < -0.3 is 14.8 Å². The van der Waals surface area contributed by atoms with Crippen molar-refractivity contribution in [3.63, 3.8) is 0 Å². The van der Waals surface area contributed by atoms with Crippen molar-refractivity contribution in [3.05, 3.63) is 50.6 Å². The van der Waals surface area contributed by atoms with Crippen LogP contribution in [0.5, 0.6) is 11.5 Å². The molecule has 0 aromatic heterocycles. The maximum absolute atomic E-state index is 12.3. The van der Waals surface area contributed by atoms with E-state index in [1.807, 2.05) is 24.3 Å². The van der Waals surface area contributed by atoms with Crippen LogP contribution in [0.25, 0.3) is 0 Å². The van der Waals surface area contributed by atoms with Crippen molar-refractivity contribution < 1.29 is 14.3 Å². The third kappa shape index (κ3) is 3.24. The number of hydrogen-bond acceptors (Lipinski definition) is 3. The van der Waals surface area contributed by atoms with Crippen molar-refractivity contribution in [2.45, 2.75) is 0 Å². The monoisotopic (exact) mass is 415 g/mol. The Balaban J connectivity index is 1.85. The first-order valence-corrected chi connectivity index (χ1v) is 7.75. The molecule has 0 spiro atoms. The number of carbonyl (C=O) groups excluding carboxylic acids is 1. The van der Waals surface area contributed by atoms with Crippen LogP contribution in [-0.2, 0) is 0 Å². The molecule has 2 aromatic carbocycles. The topological polar surface area (TPSA) is 47.6 Å². The summed E-state index contributed by atoms with van der Waals surface area (Å²) in [6.45, 7) is 0.949. The van der Waals surface area contributed by atoms with Gasteiger partial charge in [-0.05, 0) is 52.9 Å². The van der Waals surface area contributed by atoms with Gasteiger partial charge in [0.1, 0.15) is 13.2 Å². The molecule has 0 saturated carbocycles. The Morgan fingerprint density at radius 1 is 1.10 bits per heavy atom. The van der Waals surface area contributed by atoms with Crippen molar-refractivity contribution in [2.24, 2.45) is 0 Å². The van der Waals surface area contributed by atoms with Crippen molar-refractivity contribution in [1.82, 2.24) is 0 Å². The molecule has 0 unspecified atom stereocenters. The molecule has 108 valence electrons. The van der Waals surface area contributed by atoms with Crippen LogP contribution >= 0.6 is 34.2 Å². The second-order valence-electron chi connectivity index (χ2n) is 4.44. The molecule has 0 bridgehead atoms. The smallest absolute Gasteiger partial charge is 0.257 e. The van der Waals surface area contributed by atoms with Crippen LogP contribution in [0.4, 0.5) is 5.69 Å². The highest BCUT2D eigenvalue weighted by Crippen LogP contribution is 2.35. The Morgan fingerprint density at radius 2 is 1.71 bits per heavy atom. The third-order valence-corrected chi connectivity index (χ3v) is 4.01. The number of amides is 1. The predicted octanol–water partition coefficient (Wildman–Crippen LogP) is 3.97. The van der Waals surface area contributed by atoms with Gasteiger partial charge in [-0.1, -0.05) is 11.6 Å². The van der Waals surface area contributed by atoms with E-state index in [-0.39, 0.29) is 5.91 Å². The van der Waals surface area contributed by atoms with E-state index in [1.54, 1.807) is 12.1 Å². The van der Waals surface area contributed by atoms with Crippen molar-refractivity contribution >= 4 is 45.8 Å². The summed E-state index contributed by atoms with van der Waals surface area (Å²) < 4.78 is 12.0. The maximum atomic E-state index is 12.3. The number of rotatable bonds is 2. The van der Waals surface area contributed by atoms with Gasteiger partial charge in [0, 0.05) is 15.3 Å². The minimum absolute atomic E-state index is 0.279. The third-order valence-electron chi connectivity index (χ3n) is 2.98. The SMILES string of the molecule is O=C(Nc1ccc(I)cc1)c1cc2c(cc1Cl)OCCO2. The molecular formula is C15H11ClINO3. The molecule has 2 aromatic rings. The fourth-order valence-electron chi connectivity index (χ4n) is 1.97. The Morgan fingerprint density at radius 3 is 2.38 bits per heavy atom. The van der Waals surface area contributed by atoms with Crippen LogP contribution in [0.15, 0.2) is 36.4 Å². The number of halogens is 2. The van der Waals surface area contributed by atoms with E-state index in [4.69, 9.17) is 21.1 Å².